The minimum atomic E-state index is -3.21. The second kappa shape index (κ2) is 15.6. The fourth-order valence-electron chi connectivity index (χ4n) is 6.37. The van der Waals surface area contributed by atoms with E-state index in [9.17, 15) is 0 Å². The van der Waals surface area contributed by atoms with E-state index in [0.717, 1.165) is 5.75 Å². The van der Waals surface area contributed by atoms with Crippen LogP contribution in [0.15, 0.2) is 221 Å². The van der Waals surface area contributed by atoms with E-state index in [2.05, 4.69) is 200 Å². The van der Waals surface area contributed by atoms with E-state index >= 15 is 0 Å². The van der Waals surface area contributed by atoms with Crippen LogP contribution in [-0.4, -0.2) is 22.1 Å². The van der Waals surface area contributed by atoms with E-state index in [0.29, 0.717) is 0 Å². The van der Waals surface area contributed by atoms with Gasteiger partial charge in [-0.15, -0.1) is 0 Å². The monoisotopic (exact) mass is 670 g/mol. The van der Waals surface area contributed by atoms with Crippen molar-refractivity contribution in [3.63, 3.8) is 0 Å². The van der Waals surface area contributed by atoms with E-state index in [1.807, 2.05) is 6.07 Å². The molecule has 7 aromatic carbocycles. The predicted molar refractivity (Wildman–Crippen MR) is 198 cm³/mol. The van der Waals surface area contributed by atoms with Crippen LogP contribution < -0.4 is 21.2 Å². The van der Waals surface area contributed by atoms with Gasteiger partial charge in [0.15, 0.2) is 14.7 Å². The van der Waals surface area contributed by atoms with Crippen molar-refractivity contribution >= 4 is 42.4 Å². The van der Waals surface area contributed by atoms with Crippen molar-refractivity contribution in [2.75, 3.05) is 7.11 Å². The Morgan fingerprint density at radius 2 is 0.652 bits per heavy atom. The Balaban J connectivity index is 0.000000164. The molecule has 0 saturated carbocycles. The van der Waals surface area contributed by atoms with Gasteiger partial charge in [-0.1, -0.05) is 42.5 Å². The molecule has 0 aliphatic heterocycles. The summed E-state index contributed by atoms with van der Waals surface area (Å²) in [6, 6.07) is 74.0. The summed E-state index contributed by atoms with van der Waals surface area (Å²) in [7, 11) is 1.60. The Bertz CT molecular complexity index is 1700. The minimum absolute atomic E-state index is 0.107. The molecule has 0 atom stereocenters. The molecule has 1 nitrogen and oxygen atoms in total. The molecule has 0 bridgehead atoms. The fraction of sp³-hybridized carbons (Fsp3) is 0.0233. The number of hydrogen-bond acceptors (Lipinski definition) is 1. The van der Waals surface area contributed by atoms with Crippen molar-refractivity contribution in [3.8, 4) is 5.75 Å². The standard InChI is InChI=1S/C19H17OS.4C6H5.Ga/c1-20-16-9-8-14-19(15-16)21(17-10-4-2-5-11-17)18-12-6-3-7-13-18;4*1-2-4-6-5-3-1;/h2-15H,1H3;4*1-5H;/q+1;;;;;-1. The van der Waals surface area contributed by atoms with Gasteiger partial charge in [0.05, 0.1) is 18.0 Å². The van der Waals surface area contributed by atoms with Crippen LogP contribution in [0.2, 0.25) is 0 Å². The first kappa shape index (κ1) is 31.3. The molecule has 46 heavy (non-hydrogen) atoms. The van der Waals surface area contributed by atoms with Crippen molar-refractivity contribution in [1.82, 2.24) is 0 Å². The van der Waals surface area contributed by atoms with Crippen molar-refractivity contribution in [3.05, 3.63) is 206 Å². The Morgan fingerprint density at radius 1 is 0.348 bits per heavy atom. The average molecular weight is 672 g/mol. The van der Waals surface area contributed by atoms with Crippen LogP contribution in [0.5, 0.6) is 5.75 Å². The number of hydrogen-bond donors (Lipinski definition) is 0. The van der Waals surface area contributed by atoms with Crippen LogP contribution >= 0.6 is 0 Å². The summed E-state index contributed by atoms with van der Waals surface area (Å²) >= 11 is -3.21. The van der Waals surface area contributed by atoms with E-state index in [-0.39, 0.29) is 10.9 Å². The molecule has 7 rings (SSSR count). The second-order valence-corrected chi connectivity index (χ2v) is 22.4. The molecule has 0 aliphatic rings. The molecule has 0 aromatic heterocycles. The molecule has 0 saturated heterocycles. The van der Waals surface area contributed by atoms with Gasteiger partial charge in [0.1, 0.15) is 5.75 Å². The van der Waals surface area contributed by atoms with Gasteiger partial charge in [0.25, 0.3) is 0 Å². The van der Waals surface area contributed by atoms with Crippen molar-refractivity contribution < 1.29 is 4.74 Å². The maximum atomic E-state index is 5.38. The summed E-state index contributed by atoms with van der Waals surface area (Å²) in [5.74, 6) is 0.900. The van der Waals surface area contributed by atoms with E-state index < -0.39 is 15.0 Å². The molecule has 0 fully saturated rings. The zero-order chi connectivity index (χ0) is 31.4. The summed E-state index contributed by atoms with van der Waals surface area (Å²) in [6.45, 7) is 0. The van der Waals surface area contributed by atoms with Crippen LogP contribution in [0.25, 0.3) is 0 Å². The molecule has 0 heterocycles. The molecule has 0 aliphatic carbocycles. The molecule has 3 heteroatoms. The van der Waals surface area contributed by atoms with Crippen LogP contribution in [0.1, 0.15) is 0 Å². The molecule has 0 spiro atoms. The van der Waals surface area contributed by atoms with Gasteiger partial charge < -0.3 is 4.74 Å². The summed E-state index contributed by atoms with van der Waals surface area (Å²) in [6.07, 6.45) is 0. The van der Waals surface area contributed by atoms with Gasteiger partial charge in [0, 0.05) is 6.07 Å². The van der Waals surface area contributed by atoms with E-state index in [4.69, 9.17) is 4.74 Å². The first-order valence-corrected chi connectivity index (χ1v) is 21.7. The quantitative estimate of drug-likeness (QED) is 0.118. The van der Waals surface area contributed by atoms with Gasteiger partial charge in [-0.25, -0.2) is 0 Å². The number of rotatable bonds is 8. The molecule has 0 radical (unpaired) electrons. The van der Waals surface area contributed by atoms with Gasteiger partial charge >= 0.3 is 153 Å². The molecule has 7 aromatic rings. The number of ether oxygens (including phenoxy) is 1. The van der Waals surface area contributed by atoms with Gasteiger partial charge in [0.2, 0.25) is 0 Å². The van der Waals surface area contributed by atoms with E-state index in [1.165, 1.54) is 31.2 Å². The van der Waals surface area contributed by atoms with Crippen LogP contribution in [0, 0.1) is 0 Å². The molecule has 0 amide bonds. The van der Waals surface area contributed by atoms with Crippen molar-refractivity contribution in [2.45, 2.75) is 14.7 Å². The SMILES string of the molecule is COc1cccc([S+](c2ccccc2)c2ccccc2)c1.c1cc[c]([Ga-]([c]2ccccc2)([c]2ccccc2)[c]2ccccc2)cc1. The zero-order valence-electron chi connectivity index (χ0n) is 26.0. The maximum absolute atomic E-state index is 5.38. The van der Waals surface area contributed by atoms with Crippen molar-refractivity contribution in [2.24, 2.45) is 0 Å². The summed E-state index contributed by atoms with van der Waals surface area (Å²) in [5, 5.41) is 0. The Labute approximate surface area is 279 Å². The topological polar surface area (TPSA) is 9.23 Å². The first-order valence-electron chi connectivity index (χ1n) is 15.7. The van der Waals surface area contributed by atoms with Gasteiger partial charge in [-0.3, -0.25) is 0 Å². The first-order chi connectivity index (χ1) is 22.8. The van der Waals surface area contributed by atoms with Crippen LogP contribution in [0.3, 0.4) is 0 Å². The molecule has 224 valence electrons. The molecular weight excluding hydrogens is 634 g/mol. The zero-order valence-corrected chi connectivity index (χ0v) is 29.3. The third-order valence-electron chi connectivity index (χ3n) is 8.43. The molecule has 0 N–H and O–H groups in total. The number of methoxy groups -OCH3 is 1. The van der Waals surface area contributed by atoms with Crippen LogP contribution in [0.4, 0.5) is 0 Å². The fourth-order valence-corrected chi connectivity index (χ4v) is 20.1. The summed E-state index contributed by atoms with van der Waals surface area (Å²) in [4.78, 5) is 3.90. The Hall–Kier alpha value is -4.67. The summed E-state index contributed by atoms with van der Waals surface area (Å²) in [5.41, 5.74) is 0. The number of benzene rings is 7. The average Bonchev–Trinajstić information content (AvgIpc) is 3.15. The predicted octanol–water partition coefficient (Wildman–Crippen LogP) is 7.85. The van der Waals surface area contributed by atoms with Crippen LogP contribution in [-0.2, 0) is 10.9 Å². The third kappa shape index (κ3) is 6.93. The van der Waals surface area contributed by atoms with Gasteiger partial charge in [-0.05, 0) is 36.4 Å². The Kier molecular flexibility index (Phi) is 10.6. The second-order valence-electron chi connectivity index (χ2n) is 11.1. The third-order valence-corrected chi connectivity index (χ3v) is 22.3. The van der Waals surface area contributed by atoms with Gasteiger partial charge in [-0.2, -0.15) is 0 Å². The normalized spacial score (nSPS) is 10.9. The molecular formula is C43H37GaOS. The molecule has 0 unspecified atom stereocenters. The Morgan fingerprint density at radius 3 is 0.978 bits per heavy atom. The van der Waals surface area contributed by atoms with E-state index in [1.54, 1.807) is 7.11 Å². The summed E-state index contributed by atoms with van der Waals surface area (Å²) < 4.78 is 11.3. The van der Waals surface area contributed by atoms with Crippen molar-refractivity contribution in [1.29, 1.82) is 0 Å².